The number of carboxylic acids is 1. The summed E-state index contributed by atoms with van der Waals surface area (Å²) in [4.78, 5) is 23.6. The Morgan fingerprint density at radius 1 is 1.00 bits per heavy atom. The molecule has 0 aliphatic heterocycles. The van der Waals surface area contributed by atoms with Crippen LogP contribution in [0.15, 0.2) is 78.4 Å². The number of hydrogen-bond donors (Lipinski definition) is 2. The average molecular weight is 442 g/mol. The minimum absolute atomic E-state index is 0.0454. The fraction of sp³-hybridized carbons (Fsp3) is 0.115. The highest BCUT2D eigenvalue weighted by Gasteiger charge is 2.10. The predicted molar refractivity (Wildman–Crippen MR) is 124 cm³/mol. The summed E-state index contributed by atoms with van der Waals surface area (Å²) in [5, 5.41) is 21.2. The Morgan fingerprint density at radius 3 is 2.45 bits per heavy atom. The molecule has 0 unspecified atom stereocenters. The van der Waals surface area contributed by atoms with Crippen LogP contribution in [-0.2, 0) is 11.4 Å². The lowest BCUT2D eigenvalue weighted by molar-refractivity contribution is -0.112. The highest BCUT2D eigenvalue weighted by Crippen LogP contribution is 2.20. The first-order valence-electron chi connectivity index (χ1n) is 10.2. The number of carboxylic acid groups (broad SMARTS) is 1. The molecule has 0 radical (unpaired) electrons. The minimum atomic E-state index is -0.993. The number of aromatic carboxylic acids is 1. The second-order valence-electron chi connectivity index (χ2n) is 6.95. The van der Waals surface area contributed by atoms with Gasteiger partial charge in [0.1, 0.15) is 29.7 Å². The van der Waals surface area contributed by atoms with E-state index in [9.17, 15) is 14.9 Å². The molecule has 7 heteroatoms. The van der Waals surface area contributed by atoms with Crippen LogP contribution < -0.4 is 14.8 Å². The van der Waals surface area contributed by atoms with Crippen molar-refractivity contribution in [3.63, 3.8) is 0 Å². The lowest BCUT2D eigenvalue weighted by atomic mass is 10.1. The van der Waals surface area contributed by atoms with Gasteiger partial charge in [-0.3, -0.25) is 4.79 Å². The largest absolute Gasteiger partial charge is 0.494 e. The van der Waals surface area contributed by atoms with Gasteiger partial charge in [-0.2, -0.15) is 5.26 Å². The van der Waals surface area contributed by atoms with Gasteiger partial charge in [0.15, 0.2) is 0 Å². The van der Waals surface area contributed by atoms with E-state index in [0.717, 1.165) is 5.56 Å². The molecule has 0 spiro atoms. The molecule has 0 bridgehead atoms. The van der Waals surface area contributed by atoms with Crippen molar-refractivity contribution in [2.45, 2.75) is 13.5 Å². The third kappa shape index (κ3) is 6.71. The summed E-state index contributed by atoms with van der Waals surface area (Å²) < 4.78 is 11.1. The lowest BCUT2D eigenvalue weighted by Gasteiger charge is -2.08. The summed E-state index contributed by atoms with van der Waals surface area (Å²) in [5.74, 6) is -0.316. The molecular formula is C26H22N2O5. The molecule has 0 saturated carbocycles. The summed E-state index contributed by atoms with van der Waals surface area (Å²) in [6, 6.07) is 22.3. The number of nitrogens with one attached hydrogen (secondary N) is 1. The minimum Gasteiger partial charge on any atom is -0.494 e. The molecule has 3 aromatic carbocycles. The molecule has 0 aliphatic carbocycles. The van der Waals surface area contributed by atoms with Crippen molar-refractivity contribution >= 4 is 23.6 Å². The Kier molecular flexibility index (Phi) is 7.81. The van der Waals surface area contributed by atoms with Crippen molar-refractivity contribution in [3.8, 4) is 17.6 Å². The van der Waals surface area contributed by atoms with Gasteiger partial charge in [-0.05, 0) is 60.5 Å². The molecule has 0 aliphatic rings. The zero-order valence-electron chi connectivity index (χ0n) is 17.9. The van der Waals surface area contributed by atoms with Crippen molar-refractivity contribution in [3.05, 3.63) is 95.1 Å². The number of anilines is 1. The number of nitrogens with zero attached hydrogens (tertiary/aromatic N) is 1. The Balaban J connectivity index is 1.64. The van der Waals surface area contributed by atoms with Gasteiger partial charge in [0, 0.05) is 11.8 Å². The highest BCUT2D eigenvalue weighted by atomic mass is 16.5. The SMILES string of the molecule is CCOc1cccc(NC(=O)C(C#N)=Cc2ccc(OCc3cccc(C(=O)O)c3)cc2)c1. The van der Waals surface area contributed by atoms with Crippen LogP contribution in [0.2, 0.25) is 0 Å². The molecule has 33 heavy (non-hydrogen) atoms. The topological polar surface area (TPSA) is 109 Å². The first-order chi connectivity index (χ1) is 16.0. The molecule has 0 heterocycles. The van der Waals surface area contributed by atoms with Crippen LogP contribution in [0.25, 0.3) is 6.08 Å². The second-order valence-corrected chi connectivity index (χ2v) is 6.95. The molecule has 166 valence electrons. The van der Waals surface area contributed by atoms with E-state index in [0.29, 0.717) is 29.4 Å². The van der Waals surface area contributed by atoms with E-state index < -0.39 is 11.9 Å². The Bertz CT molecular complexity index is 1210. The van der Waals surface area contributed by atoms with Crippen molar-refractivity contribution < 1.29 is 24.2 Å². The maximum absolute atomic E-state index is 12.5. The molecule has 0 fully saturated rings. The summed E-state index contributed by atoms with van der Waals surface area (Å²) >= 11 is 0. The molecule has 2 N–H and O–H groups in total. The van der Waals surface area contributed by atoms with Crippen LogP contribution in [-0.4, -0.2) is 23.6 Å². The predicted octanol–water partition coefficient (Wildman–Crippen LogP) is 4.91. The zero-order chi connectivity index (χ0) is 23.6. The van der Waals surface area contributed by atoms with Crippen LogP contribution >= 0.6 is 0 Å². The standard InChI is InChI=1S/C26H22N2O5/c1-2-32-24-8-4-7-22(15-24)28-25(29)21(16-27)13-18-9-11-23(12-10-18)33-17-19-5-3-6-20(14-19)26(30)31/h3-15H,2,17H2,1H3,(H,28,29)(H,30,31). The maximum atomic E-state index is 12.5. The van der Waals surface area contributed by atoms with Crippen LogP contribution in [0.4, 0.5) is 5.69 Å². The maximum Gasteiger partial charge on any atom is 0.335 e. The molecule has 0 atom stereocenters. The van der Waals surface area contributed by atoms with Gasteiger partial charge in [-0.15, -0.1) is 0 Å². The normalized spacial score (nSPS) is 10.7. The van der Waals surface area contributed by atoms with E-state index >= 15 is 0 Å². The Labute approximate surface area is 191 Å². The van der Waals surface area contributed by atoms with Crippen LogP contribution in [0.3, 0.4) is 0 Å². The molecule has 1 amide bonds. The van der Waals surface area contributed by atoms with E-state index in [1.54, 1.807) is 66.7 Å². The van der Waals surface area contributed by atoms with Gasteiger partial charge in [0.25, 0.3) is 5.91 Å². The van der Waals surface area contributed by atoms with Crippen LogP contribution in [0, 0.1) is 11.3 Å². The average Bonchev–Trinajstić information content (AvgIpc) is 2.82. The first kappa shape index (κ1) is 23.1. The van der Waals surface area contributed by atoms with E-state index in [1.807, 2.05) is 13.0 Å². The van der Waals surface area contributed by atoms with Crippen molar-refractivity contribution in [2.24, 2.45) is 0 Å². The number of carbonyl (C=O) groups excluding carboxylic acids is 1. The summed E-state index contributed by atoms with van der Waals surface area (Å²) in [6.07, 6.45) is 1.49. The zero-order valence-corrected chi connectivity index (χ0v) is 17.9. The number of carbonyl (C=O) groups is 2. The van der Waals surface area contributed by atoms with Crippen molar-refractivity contribution in [1.82, 2.24) is 0 Å². The van der Waals surface area contributed by atoms with Gasteiger partial charge >= 0.3 is 5.97 Å². The Morgan fingerprint density at radius 2 is 1.76 bits per heavy atom. The summed E-state index contributed by atoms with van der Waals surface area (Å²) in [5.41, 5.74) is 2.07. The highest BCUT2D eigenvalue weighted by molar-refractivity contribution is 6.09. The van der Waals surface area contributed by atoms with E-state index in [-0.39, 0.29) is 17.7 Å². The molecule has 7 nitrogen and oxygen atoms in total. The van der Waals surface area contributed by atoms with Gasteiger partial charge in [0.2, 0.25) is 0 Å². The quantitative estimate of drug-likeness (QED) is 0.360. The van der Waals surface area contributed by atoms with Crippen LogP contribution in [0.1, 0.15) is 28.4 Å². The first-order valence-corrected chi connectivity index (χ1v) is 10.2. The fourth-order valence-corrected chi connectivity index (χ4v) is 2.97. The van der Waals surface area contributed by atoms with E-state index in [1.165, 1.54) is 12.1 Å². The third-order valence-corrected chi connectivity index (χ3v) is 4.54. The molecular weight excluding hydrogens is 420 g/mol. The molecule has 0 saturated heterocycles. The smallest absolute Gasteiger partial charge is 0.335 e. The molecule has 3 rings (SSSR count). The van der Waals surface area contributed by atoms with E-state index in [2.05, 4.69) is 5.32 Å². The number of benzene rings is 3. The second kappa shape index (κ2) is 11.2. The summed E-state index contributed by atoms with van der Waals surface area (Å²) in [7, 11) is 0. The number of nitriles is 1. The number of ether oxygens (including phenoxy) is 2. The molecule has 0 aromatic heterocycles. The fourth-order valence-electron chi connectivity index (χ4n) is 2.97. The third-order valence-electron chi connectivity index (χ3n) is 4.54. The summed E-state index contributed by atoms with van der Waals surface area (Å²) in [6.45, 7) is 2.59. The number of hydrogen-bond acceptors (Lipinski definition) is 5. The van der Waals surface area contributed by atoms with Crippen LogP contribution in [0.5, 0.6) is 11.5 Å². The van der Waals surface area contributed by atoms with E-state index in [4.69, 9.17) is 14.6 Å². The molecule has 3 aromatic rings. The number of amides is 1. The van der Waals surface area contributed by atoms with Gasteiger partial charge in [-0.25, -0.2) is 4.79 Å². The van der Waals surface area contributed by atoms with Gasteiger partial charge < -0.3 is 19.9 Å². The van der Waals surface area contributed by atoms with Gasteiger partial charge in [0.05, 0.1) is 12.2 Å². The van der Waals surface area contributed by atoms with Crippen molar-refractivity contribution in [2.75, 3.05) is 11.9 Å². The number of rotatable bonds is 9. The van der Waals surface area contributed by atoms with Gasteiger partial charge in [-0.1, -0.05) is 30.3 Å². The monoisotopic (exact) mass is 442 g/mol. The van der Waals surface area contributed by atoms with Crippen molar-refractivity contribution in [1.29, 1.82) is 5.26 Å². The lowest BCUT2D eigenvalue weighted by Crippen LogP contribution is -2.13. The Hall–Kier alpha value is -4.57.